The Labute approximate surface area is 97.8 Å². The minimum Gasteiger partial charge on any atom is -0.314 e. The van der Waals surface area contributed by atoms with Gasteiger partial charge in [-0.1, -0.05) is 19.1 Å². The van der Waals surface area contributed by atoms with Crippen LogP contribution in [0, 0.1) is 0 Å². The fourth-order valence-corrected chi connectivity index (χ4v) is 1.70. The molecule has 0 unspecified atom stereocenters. The first-order valence-corrected chi connectivity index (χ1v) is 6.06. The van der Waals surface area contributed by atoms with Gasteiger partial charge in [-0.25, -0.2) is 0 Å². The largest absolute Gasteiger partial charge is 0.314 e. The molecule has 5 heteroatoms. The van der Waals surface area contributed by atoms with Crippen LogP contribution in [0.15, 0.2) is 6.20 Å². The van der Waals surface area contributed by atoms with Crippen molar-refractivity contribution in [2.24, 2.45) is 0 Å². The van der Waals surface area contributed by atoms with E-state index in [4.69, 9.17) is 0 Å². The minimum atomic E-state index is 0.784. The van der Waals surface area contributed by atoms with Crippen molar-refractivity contribution in [1.29, 1.82) is 0 Å². The highest BCUT2D eigenvalue weighted by molar-refractivity contribution is 4.90. The number of hydrogen-bond acceptors (Lipinski definition) is 4. The van der Waals surface area contributed by atoms with Crippen LogP contribution in [-0.4, -0.2) is 46.6 Å². The van der Waals surface area contributed by atoms with Crippen molar-refractivity contribution in [2.75, 3.05) is 26.7 Å². The van der Waals surface area contributed by atoms with Gasteiger partial charge in [0.15, 0.2) is 0 Å². The van der Waals surface area contributed by atoms with Gasteiger partial charge < -0.3 is 10.2 Å². The number of hydrogen-bond donors (Lipinski definition) is 1. The Morgan fingerprint density at radius 2 is 2.19 bits per heavy atom. The highest BCUT2D eigenvalue weighted by Gasteiger charge is 2.03. The molecule has 0 saturated heterocycles. The summed E-state index contributed by atoms with van der Waals surface area (Å²) in [7, 11) is 1.92. The molecule has 0 bridgehead atoms. The maximum atomic E-state index is 4.10. The molecule has 1 heterocycles. The van der Waals surface area contributed by atoms with Gasteiger partial charge in [0, 0.05) is 19.3 Å². The summed E-state index contributed by atoms with van der Waals surface area (Å²) in [5.74, 6) is 0. The summed E-state index contributed by atoms with van der Waals surface area (Å²) in [6, 6.07) is 0. The lowest BCUT2D eigenvalue weighted by Crippen LogP contribution is -2.28. The highest BCUT2D eigenvalue weighted by atomic mass is 15.4. The molecule has 0 aliphatic carbocycles. The maximum Gasteiger partial charge on any atom is 0.0964 e. The lowest BCUT2D eigenvalue weighted by molar-refractivity contribution is 0.271. The van der Waals surface area contributed by atoms with E-state index in [2.05, 4.69) is 34.4 Å². The predicted molar refractivity (Wildman–Crippen MR) is 65.2 cm³/mol. The molecule has 0 atom stereocenters. The second-order valence-corrected chi connectivity index (χ2v) is 3.94. The van der Waals surface area contributed by atoms with E-state index in [0.717, 1.165) is 38.4 Å². The van der Waals surface area contributed by atoms with E-state index in [-0.39, 0.29) is 0 Å². The van der Waals surface area contributed by atoms with Crippen molar-refractivity contribution >= 4 is 0 Å². The fraction of sp³-hybridized carbons (Fsp3) is 0.818. The summed E-state index contributed by atoms with van der Waals surface area (Å²) in [6.07, 6.45) is 3.21. The lowest BCUT2D eigenvalue weighted by Gasteiger charge is -2.18. The quantitative estimate of drug-likeness (QED) is 0.708. The van der Waals surface area contributed by atoms with Gasteiger partial charge in [-0.3, -0.25) is 4.68 Å². The van der Waals surface area contributed by atoms with E-state index in [0.29, 0.717) is 0 Å². The lowest BCUT2D eigenvalue weighted by atomic mass is 10.4. The van der Waals surface area contributed by atoms with E-state index in [1.165, 1.54) is 6.42 Å². The molecular weight excluding hydrogens is 202 g/mol. The van der Waals surface area contributed by atoms with Gasteiger partial charge >= 0.3 is 0 Å². The summed E-state index contributed by atoms with van der Waals surface area (Å²) in [5, 5.41) is 11.3. The second kappa shape index (κ2) is 7.35. The van der Waals surface area contributed by atoms with Gasteiger partial charge in [0.05, 0.1) is 12.2 Å². The van der Waals surface area contributed by atoms with Crippen molar-refractivity contribution in [3.8, 4) is 0 Å². The van der Waals surface area contributed by atoms with Crippen molar-refractivity contribution in [3.63, 3.8) is 0 Å². The summed E-state index contributed by atoms with van der Waals surface area (Å²) in [4.78, 5) is 2.43. The van der Waals surface area contributed by atoms with Crippen LogP contribution in [0.3, 0.4) is 0 Å². The Kier molecular flexibility index (Phi) is 6.03. The Hall–Kier alpha value is -0.940. The fourth-order valence-electron chi connectivity index (χ4n) is 1.70. The zero-order chi connectivity index (χ0) is 11.8. The molecule has 0 aromatic carbocycles. The van der Waals surface area contributed by atoms with Crippen LogP contribution in [0.1, 0.15) is 26.0 Å². The maximum absolute atomic E-state index is 4.10. The van der Waals surface area contributed by atoms with E-state index in [1.807, 2.05) is 17.9 Å². The molecular formula is C11H23N5. The zero-order valence-corrected chi connectivity index (χ0v) is 10.6. The second-order valence-electron chi connectivity index (χ2n) is 3.94. The Balaban J connectivity index is 2.34. The van der Waals surface area contributed by atoms with E-state index in [1.54, 1.807) is 0 Å². The smallest absolute Gasteiger partial charge is 0.0964 e. The summed E-state index contributed by atoms with van der Waals surface area (Å²) < 4.78 is 1.92. The van der Waals surface area contributed by atoms with Crippen LogP contribution in [0.25, 0.3) is 0 Å². The van der Waals surface area contributed by atoms with Gasteiger partial charge in [-0.15, -0.1) is 5.10 Å². The van der Waals surface area contributed by atoms with Crippen LogP contribution < -0.4 is 5.32 Å². The van der Waals surface area contributed by atoms with Gasteiger partial charge in [-0.05, 0) is 26.6 Å². The summed E-state index contributed by atoms with van der Waals surface area (Å²) in [6.45, 7) is 9.43. The number of rotatable bonds is 8. The number of aromatic nitrogens is 3. The average molecular weight is 225 g/mol. The molecule has 0 spiro atoms. The van der Waals surface area contributed by atoms with Gasteiger partial charge in [0.1, 0.15) is 0 Å². The molecule has 0 amide bonds. The molecule has 0 aliphatic heterocycles. The molecule has 0 aliphatic rings. The first-order valence-electron chi connectivity index (χ1n) is 6.06. The third-order valence-corrected chi connectivity index (χ3v) is 2.58. The Morgan fingerprint density at radius 1 is 1.38 bits per heavy atom. The van der Waals surface area contributed by atoms with Gasteiger partial charge in [-0.2, -0.15) is 0 Å². The van der Waals surface area contributed by atoms with E-state index < -0.39 is 0 Å². The minimum absolute atomic E-state index is 0.784. The highest BCUT2D eigenvalue weighted by Crippen LogP contribution is 1.95. The Morgan fingerprint density at radius 3 is 2.81 bits per heavy atom. The molecule has 0 radical (unpaired) electrons. The van der Waals surface area contributed by atoms with Gasteiger partial charge in [0.25, 0.3) is 0 Å². The van der Waals surface area contributed by atoms with Crippen molar-refractivity contribution in [1.82, 2.24) is 25.2 Å². The number of nitrogens with one attached hydrogen (secondary N) is 1. The van der Waals surface area contributed by atoms with E-state index in [9.17, 15) is 0 Å². The topological polar surface area (TPSA) is 46.0 Å². The van der Waals surface area contributed by atoms with Crippen molar-refractivity contribution in [3.05, 3.63) is 11.9 Å². The first-order chi connectivity index (χ1) is 7.80. The van der Waals surface area contributed by atoms with E-state index >= 15 is 0 Å². The third kappa shape index (κ3) is 4.28. The molecule has 5 nitrogen and oxygen atoms in total. The monoisotopic (exact) mass is 225 g/mol. The number of likely N-dealkylation sites (N-methyl/N-ethyl adjacent to an activating group) is 1. The molecule has 1 aromatic rings. The summed E-state index contributed by atoms with van der Waals surface area (Å²) in [5.41, 5.74) is 1.00. The first kappa shape index (κ1) is 13.1. The standard InChI is InChI=1S/C11H23N5/c1-4-6-15(5-2)7-8-16-10-11(9-12-3)13-14-16/h10,12H,4-9H2,1-3H3. The van der Waals surface area contributed by atoms with Crippen LogP contribution in [-0.2, 0) is 13.1 Å². The van der Waals surface area contributed by atoms with Crippen LogP contribution >= 0.6 is 0 Å². The molecule has 92 valence electrons. The van der Waals surface area contributed by atoms with Crippen LogP contribution in [0.5, 0.6) is 0 Å². The van der Waals surface area contributed by atoms with Gasteiger partial charge in [0.2, 0.25) is 0 Å². The zero-order valence-electron chi connectivity index (χ0n) is 10.6. The predicted octanol–water partition coefficient (Wildman–Crippen LogP) is 0.729. The molecule has 1 N–H and O–H groups in total. The van der Waals surface area contributed by atoms with Crippen LogP contribution in [0.4, 0.5) is 0 Å². The summed E-state index contributed by atoms with van der Waals surface area (Å²) >= 11 is 0. The van der Waals surface area contributed by atoms with Crippen LogP contribution in [0.2, 0.25) is 0 Å². The average Bonchev–Trinajstić information content (AvgIpc) is 2.72. The SMILES string of the molecule is CCCN(CC)CCn1cc(CNC)nn1. The molecule has 1 rings (SSSR count). The third-order valence-electron chi connectivity index (χ3n) is 2.58. The molecule has 0 fully saturated rings. The molecule has 1 aromatic heterocycles. The van der Waals surface area contributed by atoms with Crippen molar-refractivity contribution in [2.45, 2.75) is 33.4 Å². The van der Waals surface area contributed by atoms with Crippen molar-refractivity contribution < 1.29 is 0 Å². The Bertz CT molecular complexity index is 284. The molecule has 0 saturated carbocycles. The molecule has 16 heavy (non-hydrogen) atoms. The number of nitrogens with zero attached hydrogens (tertiary/aromatic N) is 4. The normalized spacial score (nSPS) is 11.2.